The SMILES string of the molecule is CO[C@@]12CC[C@@]3(C[C@@H]1C(C)(O)C(C)(C)C)C1Cc4ccc(OC(=O)NCC(=O)NN5CCCCCC5)c5c4[C@@]3(CCN1CC1CC1)[C@H]2O5. The minimum Gasteiger partial charge on any atom is -0.482 e. The van der Waals surface area contributed by atoms with E-state index in [0.717, 1.165) is 77.0 Å². The van der Waals surface area contributed by atoms with Crippen molar-refractivity contribution in [1.82, 2.24) is 20.7 Å². The Morgan fingerprint density at radius 1 is 1.04 bits per heavy atom. The number of hydrogen-bond acceptors (Lipinski definition) is 8. The average Bonchev–Trinajstić information content (AvgIpc) is 3.84. The van der Waals surface area contributed by atoms with Crippen molar-refractivity contribution in [3.63, 3.8) is 0 Å². The van der Waals surface area contributed by atoms with Crippen LogP contribution < -0.4 is 20.2 Å². The van der Waals surface area contributed by atoms with Gasteiger partial charge in [0.05, 0.1) is 5.60 Å². The number of rotatable bonds is 8. The Morgan fingerprint density at radius 3 is 2.48 bits per heavy atom. The first-order valence-electron chi connectivity index (χ1n) is 18.7. The van der Waals surface area contributed by atoms with Crippen LogP contribution in [0.15, 0.2) is 12.1 Å². The van der Waals surface area contributed by atoms with Gasteiger partial charge in [0, 0.05) is 55.1 Å². The predicted molar refractivity (Wildman–Crippen MR) is 181 cm³/mol. The number of likely N-dealkylation sites (tertiary alicyclic amines) is 1. The number of aliphatic hydroxyl groups is 1. The molecule has 1 aromatic carbocycles. The molecule has 10 heteroatoms. The van der Waals surface area contributed by atoms with E-state index in [2.05, 4.69) is 42.5 Å². The van der Waals surface area contributed by atoms with Crippen LogP contribution in [0.3, 0.4) is 0 Å². The topological polar surface area (TPSA) is 113 Å². The molecule has 10 nitrogen and oxygen atoms in total. The van der Waals surface area contributed by atoms with Crippen molar-refractivity contribution in [3.8, 4) is 11.5 Å². The van der Waals surface area contributed by atoms with Gasteiger partial charge in [-0.1, -0.05) is 39.7 Å². The number of nitrogens with one attached hydrogen (secondary N) is 2. The number of fused-ring (bicyclic) bond motifs is 2. The third-order valence-corrected chi connectivity index (χ3v) is 14.3. The fraction of sp³-hybridized carbons (Fsp3) is 0.789. The summed E-state index contributed by atoms with van der Waals surface area (Å²) in [4.78, 5) is 28.7. The molecule has 4 saturated carbocycles. The molecule has 0 aromatic heterocycles. The van der Waals surface area contributed by atoms with Gasteiger partial charge in [0.25, 0.3) is 5.91 Å². The second-order valence-electron chi connectivity index (χ2n) is 17.5. The van der Waals surface area contributed by atoms with E-state index in [1.165, 1.54) is 36.8 Å². The number of ether oxygens (including phenoxy) is 3. The molecule has 264 valence electrons. The standard InChI is InChI=1S/C38H56N4O6/c1-34(2,3)35(4,45)27-21-36-14-15-38(27,46-5)32-37(36)16-19-41(23-24-10-11-24)28(36)20-25-12-13-26(31(48-32)30(25)37)47-33(44)39-22-29(43)40-42-17-8-6-7-9-18-42/h12-13,24,27-28,32,45H,6-11,14-23H2,1-5H3,(H,39,44)(H,40,43)/t27-,28?,32-,35?,36-,37+,38+/m1/s1. The van der Waals surface area contributed by atoms with Crippen LogP contribution in [-0.2, 0) is 21.4 Å². The van der Waals surface area contributed by atoms with Crippen molar-refractivity contribution in [2.24, 2.45) is 22.7 Å². The van der Waals surface area contributed by atoms with Gasteiger partial charge in [-0.25, -0.2) is 9.80 Å². The molecule has 8 aliphatic rings. The molecule has 2 saturated heterocycles. The summed E-state index contributed by atoms with van der Waals surface area (Å²) >= 11 is 0. The number of carbonyl (C=O) groups excluding carboxylic acids is 2. The van der Waals surface area contributed by atoms with Crippen molar-refractivity contribution < 1.29 is 28.9 Å². The normalized spacial score (nSPS) is 36.8. The van der Waals surface area contributed by atoms with Gasteiger partial charge in [-0.2, -0.15) is 0 Å². The molecule has 5 aliphatic carbocycles. The Labute approximate surface area is 285 Å². The lowest BCUT2D eigenvalue weighted by atomic mass is 9.33. The second kappa shape index (κ2) is 11.3. The van der Waals surface area contributed by atoms with Gasteiger partial charge in [-0.05, 0) is 94.2 Å². The smallest absolute Gasteiger partial charge is 0.413 e. The van der Waals surface area contributed by atoms with E-state index in [0.29, 0.717) is 17.5 Å². The molecule has 2 unspecified atom stereocenters. The third kappa shape index (κ3) is 4.64. The summed E-state index contributed by atoms with van der Waals surface area (Å²) in [6.45, 7) is 12.1. The molecular formula is C38H56N4O6. The zero-order chi connectivity index (χ0) is 33.7. The maximum Gasteiger partial charge on any atom is 0.413 e. The Hall–Kier alpha value is -2.40. The number of hydrogen-bond donors (Lipinski definition) is 3. The Morgan fingerprint density at radius 2 is 1.79 bits per heavy atom. The number of amides is 2. The summed E-state index contributed by atoms with van der Waals surface area (Å²) < 4.78 is 19.9. The third-order valence-electron chi connectivity index (χ3n) is 14.3. The monoisotopic (exact) mass is 664 g/mol. The fourth-order valence-electron chi connectivity index (χ4n) is 11.3. The number of benzene rings is 1. The molecule has 4 bridgehead atoms. The van der Waals surface area contributed by atoms with Gasteiger partial charge in [-0.15, -0.1) is 0 Å². The van der Waals surface area contributed by atoms with Crippen molar-refractivity contribution in [1.29, 1.82) is 0 Å². The van der Waals surface area contributed by atoms with Crippen LogP contribution in [0.1, 0.15) is 103 Å². The quantitative estimate of drug-likeness (QED) is 0.367. The molecular weight excluding hydrogens is 608 g/mol. The Balaban J connectivity index is 1.12. The first-order valence-corrected chi connectivity index (χ1v) is 18.7. The van der Waals surface area contributed by atoms with Crippen molar-refractivity contribution in [2.75, 3.05) is 39.8 Å². The second-order valence-corrected chi connectivity index (χ2v) is 17.5. The molecule has 7 atom stereocenters. The Kier molecular flexibility index (Phi) is 7.72. The lowest BCUT2D eigenvalue weighted by Gasteiger charge is -2.75. The molecule has 2 spiro atoms. The number of hydrazine groups is 1. The van der Waals surface area contributed by atoms with Crippen molar-refractivity contribution in [3.05, 3.63) is 23.3 Å². The van der Waals surface area contributed by atoms with Gasteiger partial charge >= 0.3 is 6.09 Å². The first-order chi connectivity index (χ1) is 22.9. The molecule has 2 amide bonds. The van der Waals surface area contributed by atoms with Crippen LogP contribution in [0.4, 0.5) is 4.79 Å². The number of nitrogens with zero attached hydrogens (tertiary/aromatic N) is 2. The van der Waals surface area contributed by atoms with E-state index >= 15 is 0 Å². The van der Waals surface area contributed by atoms with E-state index < -0.39 is 17.3 Å². The highest BCUT2D eigenvalue weighted by molar-refractivity contribution is 5.82. The molecule has 0 radical (unpaired) electrons. The van der Waals surface area contributed by atoms with Crippen LogP contribution >= 0.6 is 0 Å². The van der Waals surface area contributed by atoms with Crippen LogP contribution in [0.2, 0.25) is 0 Å². The highest BCUT2D eigenvalue weighted by atomic mass is 16.6. The summed E-state index contributed by atoms with van der Waals surface area (Å²) in [7, 11) is 1.80. The van der Waals surface area contributed by atoms with Gasteiger partial charge in [0.15, 0.2) is 11.5 Å². The van der Waals surface area contributed by atoms with Crippen molar-refractivity contribution in [2.45, 2.75) is 127 Å². The summed E-state index contributed by atoms with van der Waals surface area (Å²) in [6.07, 6.45) is 10.8. The molecule has 3 N–H and O–H groups in total. The summed E-state index contributed by atoms with van der Waals surface area (Å²) in [5.74, 6) is 1.45. The van der Waals surface area contributed by atoms with E-state index in [-0.39, 0.29) is 40.7 Å². The fourth-order valence-corrected chi connectivity index (χ4v) is 11.3. The molecule has 6 fully saturated rings. The minimum absolute atomic E-state index is 0.0878. The van der Waals surface area contributed by atoms with Gasteiger partial charge in [0.1, 0.15) is 18.2 Å². The highest BCUT2D eigenvalue weighted by Crippen LogP contribution is 2.78. The largest absolute Gasteiger partial charge is 0.482 e. The molecule has 9 rings (SSSR count). The average molecular weight is 665 g/mol. The molecule has 48 heavy (non-hydrogen) atoms. The zero-order valence-electron chi connectivity index (χ0n) is 29.7. The molecule has 1 aromatic rings. The van der Waals surface area contributed by atoms with E-state index in [1.807, 2.05) is 18.0 Å². The first kappa shape index (κ1) is 32.8. The summed E-state index contributed by atoms with van der Waals surface area (Å²) in [5, 5.41) is 17.1. The summed E-state index contributed by atoms with van der Waals surface area (Å²) in [6, 6.07) is 4.39. The maximum absolute atomic E-state index is 13.2. The lowest BCUT2D eigenvalue weighted by Crippen LogP contribution is -2.83. The van der Waals surface area contributed by atoms with Crippen LogP contribution in [0.25, 0.3) is 0 Å². The van der Waals surface area contributed by atoms with Crippen molar-refractivity contribution >= 4 is 12.0 Å². The van der Waals surface area contributed by atoms with E-state index in [9.17, 15) is 14.7 Å². The van der Waals surface area contributed by atoms with Gasteiger partial charge in [0.2, 0.25) is 0 Å². The Bertz CT molecular complexity index is 1460. The van der Waals surface area contributed by atoms with Gasteiger partial charge < -0.3 is 24.6 Å². The number of piperidine rings is 1. The lowest BCUT2D eigenvalue weighted by molar-refractivity contribution is -0.312. The van der Waals surface area contributed by atoms with Crippen LogP contribution in [0.5, 0.6) is 11.5 Å². The van der Waals surface area contributed by atoms with Crippen LogP contribution in [0, 0.1) is 22.7 Å². The van der Waals surface area contributed by atoms with E-state index in [1.54, 1.807) is 7.11 Å². The summed E-state index contributed by atoms with van der Waals surface area (Å²) in [5.41, 5.74) is 2.97. The minimum atomic E-state index is -1.00. The van der Waals surface area contributed by atoms with Crippen LogP contribution in [-0.4, -0.2) is 90.2 Å². The number of methoxy groups -OCH3 is 1. The van der Waals surface area contributed by atoms with Gasteiger partial charge in [-0.3, -0.25) is 15.1 Å². The maximum atomic E-state index is 13.2. The number of carbonyl (C=O) groups is 2. The highest BCUT2D eigenvalue weighted by Gasteiger charge is 2.82. The molecule has 3 aliphatic heterocycles. The van der Waals surface area contributed by atoms with E-state index in [4.69, 9.17) is 14.2 Å². The predicted octanol–water partition coefficient (Wildman–Crippen LogP) is 4.70. The zero-order valence-corrected chi connectivity index (χ0v) is 29.7. The molecule has 3 heterocycles.